The molecule has 27 heavy (non-hydrogen) atoms. The second kappa shape index (κ2) is 5.71. The van der Waals surface area contributed by atoms with E-state index in [4.69, 9.17) is 0 Å². The summed E-state index contributed by atoms with van der Waals surface area (Å²) in [5.41, 5.74) is 2.32. The van der Waals surface area contributed by atoms with Crippen molar-refractivity contribution >= 4 is 37.4 Å². The standard InChI is InChI=1S/C18H10F3N5S/c1-8-6-11(15(20)21)23-18-12(8)13-14(27-18)17-24-16(25-26(17)7-22-13)9-2-4-10(19)5-3-9/h2-7,15H,1H3. The SMILES string of the molecule is Cc1cc(C(F)F)nc2sc3c(ncn4nc(-c5ccc(F)cc5)nc34)c12. The number of nitrogens with zero attached hydrogens (tertiary/aromatic N) is 5. The van der Waals surface area contributed by atoms with Gasteiger partial charge in [0.1, 0.15) is 27.4 Å². The molecule has 0 saturated carbocycles. The van der Waals surface area contributed by atoms with Gasteiger partial charge in [-0.15, -0.1) is 16.4 Å². The van der Waals surface area contributed by atoms with Crippen LogP contribution in [0.3, 0.4) is 0 Å². The van der Waals surface area contributed by atoms with Crippen molar-refractivity contribution in [1.29, 1.82) is 0 Å². The van der Waals surface area contributed by atoms with E-state index < -0.39 is 6.43 Å². The first-order chi connectivity index (χ1) is 13.0. The van der Waals surface area contributed by atoms with Crippen molar-refractivity contribution in [1.82, 2.24) is 24.6 Å². The Balaban J connectivity index is 1.79. The molecule has 0 atom stereocenters. The summed E-state index contributed by atoms with van der Waals surface area (Å²) in [6, 6.07) is 7.26. The molecule has 0 amide bonds. The van der Waals surface area contributed by atoms with Gasteiger partial charge in [-0.2, -0.15) is 0 Å². The normalized spacial score (nSPS) is 12.0. The van der Waals surface area contributed by atoms with Gasteiger partial charge < -0.3 is 0 Å². The van der Waals surface area contributed by atoms with Crippen LogP contribution in [0.5, 0.6) is 0 Å². The van der Waals surface area contributed by atoms with E-state index in [2.05, 4.69) is 20.1 Å². The average molecular weight is 385 g/mol. The van der Waals surface area contributed by atoms with Gasteiger partial charge >= 0.3 is 0 Å². The number of aryl methyl sites for hydroxylation is 1. The van der Waals surface area contributed by atoms with Gasteiger partial charge in [0.15, 0.2) is 11.5 Å². The van der Waals surface area contributed by atoms with E-state index in [-0.39, 0.29) is 11.5 Å². The van der Waals surface area contributed by atoms with E-state index in [9.17, 15) is 13.2 Å². The first-order valence-corrected chi connectivity index (χ1v) is 8.82. The minimum absolute atomic E-state index is 0.254. The second-order valence-corrected chi connectivity index (χ2v) is 7.08. The molecule has 5 aromatic rings. The molecule has 0 radical (unpaired) electrons. The second-order valence-electron chi connectivity index (χ2n) is 6.08. The number of thiophene rings is 1. The monoisotopic (exact) mass is 385 g/mol. The minimum Gasteiger partial charge on any atom is -0.236 e. The fraction of sp³-hybridized carbons (Fsp3) is 0.111. The third-order valence-electron chi connectivity index (χ3n) is 4.31. The molecule has 0 aliphatic rings. The molecule has 4 aromatic heterocycles. The van der Waals surface area contributed by atoms with Crippen LogP contribution in [0.25, 0.3) is 37.5 Å². The molecule has 0 aliphatic carbocycles. The van der Waals surface area contributed by atoms with E-state index in [0.29, 0.717) is 32.9 Å². The molecular weight excluding hydrogens is 375 g/mol. The van der Waals surface area contributed by atoms with Gasteiger partial charge in [-0.25, -0.2) is 32.6 Å². The van der Waals surface area contributed by atoms with Gasteiger partial charge in [0.2, 0.25) is 0 Å². The zero-order valence-electron chi connectivity index (χ0n) is 13.8. The average Bonchev–Trinajstić information content (AvgIpc) is 3.23. The summed E-state index contributed by atoms with van der Waals surface area (Å²) in [4.78, 5) is 13.6. The van der Waals surface area contributed by atoms with E-state index >= 15 is 0 Å². The van der Waals surface area contributed by atoms with Crippen LogP contribution in [0.15, 0.2) is 36.7 Å². The molecule has 9 heteroatoms. The zero-order chi connectivity index (χ0) is 18.7. The number of fused-ring (bicyclic) bond motifs is 5. The molecule has 0 spiro atoms. The highest BCUT2D eigenvalue weighted by Crippen LogP contribution is 2.37. The van der Waals surface area contributed by atoms with Crippen molar-refractivity contribution in [3.8, 4) is 11.4 Å². The Kier molecular flexibility index (Phi) is 3.41. The molecule has 5 nitrogen and oxygen atoms in total. The van der Waals surface area contributed by atoms with Gasteiger partial charge in [-0.1, -0.05) is 0 Å². The molecule has 0 N–H and O–H groups in total. The maximum absolute atomic E-state index is 13.1. The summed E-state index contributed by atoms with van der Waals surface area (Å²) >= 11 is 1.26. The Morgan fingerprint density at radius 3 is 2.63 bits per heavy atom. The van der Waals surface area contributed by atoms with Gasteiger partial charge in [0.05, 0.1) is 5.52 Å². The number of hydrogen-bond donors (Lipinski definition) is 0. The van der Waals surface area contributed by atoms with E-state index in [1.807, 2.05) is 0 Å². The molecule has 0 fully saturated rings. The first kappa shape index (κ1) is 16.1. The predicted molar refractivity (Wildman–Crippen MR) is 96.6 cm³/mol. The molecular formula is C18H10F3N5S. The summed E-state index contributed by atoms with van der Waals surface area (Å²) in [6.45, 7) is 1.77. The van der Waals surface area contributed by atoms with Crippen LogP contribution in [0.1, 0.15) is 17.7 Å². The molecule has 5 rings (SSSR count). The molecule has 0 unspecified atom stereocenters. The van der Waals surface area contributed by atoms with Crippen molar-refractivity contribution < 1.29 is 13.2 Å². The van der Waals surface area contributed by atoms with Crippen molar-refractivity contribution in [2.45, 2.75) is 13.3 Å². The fourth-order valence-electron chi connectivity index (χ4n) is 3.07. The lowest BCUT2D eigenvalue weighted by molar-refractivity contribution is 0.146. The smallest absolute Gasteiger partial charge is 0.236 e. The molecule has 134 valence electrons. The van der Waals surface area contributed by atoms with Crippen LogP contribution in [-0.2, 0) is 0 Å². The number of alkyl halides is 2. The Morgan fingerprint density at radius 1 is 1.11 bits per heavy atom. The Bertz CT molecular complexity index is 1320. The third kappa shape index (κ3) is 2.46. The number of hydrogen-bond acceptors (Lipinski definition) is 5. The number of halogens is 3. The van der Waals surface area contributed by atoms with Crippen molar-refractivity contribution in [2.24, 2.45) is 0 Å². The largest absolute Gasteiger partial charge is 0.280 e. The Labute approximate surface area is 154 Å². The summed E-state index contributed by atoms with van der Waals surface area (Å²) in [5.74, 6) is 0.0900. The van der Waals surface area contributed by atoms with Crippen LogP contribution in [0, 0.1) is 12.7 Å². The van der Waals surface area contributed by atoms with E-state index in [0.717, 1.165) is 10.1 Å². The summed E-state index contributed by atoms with van der Waals surface area (Å²) < 4.78 is 41.5. The number of rotatable bonds is 2. The first-order valence-electron chi connectivity index (χ1n) is 8.00. The van der Waals surface area contributed by atoms with Gasteiger partial charge in [0.25, 0.3) is 6.43 Å². The lowest BCUT2D eigenvalue weighted by atomic mass is 10.1. The summed E-state index contributed by atoms with van der Waals surface area (Å²) in [5, 5.41) is 5.13. The summed E-state index contributed by atoms with van der Waals surface area (Å²) in [6.07, 6.45) is -1.10. The molecule has 0 saturated heterocycles. The highest BCUT2D eigenvalue weighted by Gasteiger charge is 2.19. The molecule has 4 heterocycles. The predicted octanol–water partition coefficient (Wildman–Crippen LogP) is 4.94. The molecule has 0 aliphatic heterocycles. The topological polar surface area (TPSA) is 56.0 Å². The van der Waals surface area contributed by atoms with Crippen molar-refractivity contribution in [2.75, 3.05) is 0 Å². The van der Waals surface area contributed by atoms with E-state index in [1.165, 1.54) is 40.4 Å². The molecule has 1 aromatic carbocycles. The lowest BCUT2D eigenvalue weighted by Gasteiger charge is -2.01. The van der Waals surface area contributed by atoms with Gasteiger partial charge in [0, 0.05) is 10.9 Å². The Hall–Kier alpha value is -3.07. The van der Waals surface area contributed by atoms with Crippen LogP contribution in [-0.4, -0.2) is 24.6 Å². The zero-order valence-corrected chi connectivity index (χ0v) is 14.6. The maximum Gasteiger partial charge on any atom is 0.280 e. The highest BCUT2D eigenvalue weighted by molar-refractivity contribution is 7.26. The third-order valence-corrected chi connectivity index (χ3v) is 5.38. The quantitative estimate of drug-likeness (QED) is 0.432. The van der Waals surface area contributed by atoms with Crippen LogP contribution < -0.4 is 0 Å². The Morgan fingerprint density at radius 2 is 1.89 bits per heavy atom. The van der Waals surface area contributed by atoms with Crippen LogP contribution >= 0.6 is 11.3 Å². The maximum atomic E-state index is 13.1. The minimum atomic E-state index is -2.63. The van der Waals surface area contributed by atoms with Gasteiger partial charge in [-0.3, -0.25) is 0 Å². The number of pyridine rings is 1. The fourth-order valence-corrected chi connectivity index (χ4v) is 4.25. The number of aromatic nitrogens is 5. The van der Waals surface area contributed by atoms with Crippen molar-refractivity contribution in [3.05, 3.63) is 53.7 Å². The number of benzene rings is 1. The van der Waals surface area contributed by atoms with Crippen molar-refractivity contribution in [3.63, 3.8) is 0 Å². The van der Waals surface area contributed by atoms with Crippen LogP contribution in [0.2, 0.25) is 0 Å². The molecule has 0 bridgehead atoms. The van der Waals surface area contributed by atoms with Crippen LogP contribution in [0.4, 0.5) is 13.2 Å². The summed E-state index contributed by atoms with van der Waals surface area (Å²) in [7, 11) is 0. The highest BCUT2D eigenvalue weighted by atomic mass is 32.1. The van der Waals surface area contributed by atoms with E-state index in [1.54, 1.807) is 19.1 Å². The van der Waals surface area contributed by atoms with Gasteiger partial charge in [-0.05, 0) is 42.8 Å². The lowest BCUT2D eigenvalue weighted by Crippen LogP contribution is -1.92.